The maximum atomic E-state index is 5.91. The highest BCUT2D eigenvalue weighted by Crippen LogP contribution is 2.50. The third-order valence-corrected chi connectivity index (χ3v) is 6.28. The lowest BCUT2D eigenvalue weighted by Crippen LogP contribution is -2.59. The molecule has 1 aromatic heterocycles. The molecule has 5 rings (SSSR count). The van der Waals surface area contributed by atoms with Crippen LogP contribution in [0.2, 0.25) is 0 Å². The lowest BCUT2D eigenvalue weighted by atomic mass is 9.79. The van der Waals surface area contributed by atoms with E-state index in [0.29, 0.717) is 19.3 Å². The SMILES string of the molecule is COc1ccc(C2(N(C)C3CC3)C3COCC3=Nc3cc(C)nn32)c(C)c1. The third-order valence-electron chi connectivity index (χ3n) is 6.28. The Kier molecular flexibility index (Phi) is 3.71. The first kappa shape index (κ1) is 17.0. The molecule has 2 fully saturated rings. The fourth-order valence-electron chi connectivity index (χ4n) is 4.85. The number of hydrogen-bond donors (Lipinski definition) is 0. The van der Waals surface area contributed by atoms with Gasteiger partial charge in [0, 0.05) is 12.1 Å². The first-order valence-electron chi connectivity index (χ1n) is 9.66. The lowest BCUT2D eigenvalue weighted by molar-refractivity contribution is 0.0105. The molecule has 3 heterocycles. The van der Waals surface area contributed by atoms with Crippen molar-refractivity contribution in [2.75, 3.05) is 27.4 Å². The van der Waals surface area contributed by atoms with E-state index in [-0.39, 0.29) is 5.92 Å². The van der Waals surface area contributed by atoms with E-state index in [0.717, 1.165) is 23.0 Å². The van der Waals surface area contributed by atoms with Crippen molar-refractivity contribution in [3.05, 3.63) is 41.1 Å². The quantitative estimate of drug-likeness (QED) is 0.835. The summed E-state index contributed by atoms with van der Waals surface area (Å²) in [6.07, 6.45) is 2.45. The van der Waals surface area contributed by atoms with Crippen LogP contribution >= 0.6 is 0 Å². The minimum atomic E-state index is -0.422. The van der Waals surface area contributed by atoms with Crippen molar-refractivity contribution < 1.29 is 9.47 Å². The molecule has 0 spiro atoms. The Balaban J connectivity index is 1.81. The molecular weight excluding hydrogens is 340 g/mol. The molecule has 6 heteroatoms. The Morgan fingerprint density at radius 1 is 1.26 bits per heavy atom. The summed E-state index contributed by atoms with van der Waals surface area (Å²) in [5, 5.41) is 4.94. The molecule has 2 aromatic rings. The number of nitrogens with zero attached hydrogens (tertiary/aromatic N) is 4. The highest BCUT2D eigenvalue weighted by atomic mass is 16.5. The van der Waals surface area contributed by atoms with Crippen LogP contribution in [0, 0.1) is 19.8 Å². The van der Waals surface area contributed by atoms with Crippen molar-refractivity contribution >= 4 is 11.5 Å². The predicted octanol–water partition coefficient (Wildman–Crippen LogP) is 3.04. The van der Waals surface area contributed by atoms with Crippen LogP contribution in [0.15, 0.2) is 29.3 Å². The van der Waals surface area contributed by atoms with Crippen LogP contribution < -0.4 is 4.74 Å². The van der Waals surface area contributed by atoms with Gasteiger partial charge in [0.2, 0.25) is 0 Å². The summed E-state index contributed by atoms with van der Waals surface area (Å²) in [6, 6.07) is 9.02. The normalized spacial score (nSPS) is 26.7. The van der Waals surface area contributed by atoms with Crippen LogP contribution in [-0.2, 0) is 10.4 Å². The fraction of sp³-hybridized carbons (Fsp3) is 0.524. The van der Waals surface area contributed by atoms with Gasteiger partial charge >= 0.3 is 0 Å². The standard InChI is InChI=1S/C21H26N4O2/c1-13-9-16(26-4)7-8-17(13)21(24(3)15-5-6-15)18-11-27-12-19(18)22-20-10-14(2)23-25(20)21/h7-10,15,18H,5-6,11-12H2,1-4H3. The largest absolute Gasteiger partial charge is 0.497 e. The van der Waals surface area contributed by atoms with Crippen LogP contribution in [0.1, 0.15) is 29.7 Å². The molecule has 1 saturated carbocycles. The summed E-state index contributed by atoms with van der Waals surface area (Å²) in [5.74, 6) is 1.96. The first-order valence-corrected chi connectivity index (χ1v) is 9.66. The average Bonchev–Trinajstić information content (AvgIpc) is 3.28. The van der Waals surface area contributed by atoms with E-state index < -0.39 is 5.66 Å². The molecule has 0 radical (unpaired) electrons. The van der Waals surface area contributed by atoms with Crippen molar-refractivity contribution in [3.8, 4) is 5.75 Å². The highest BCUT2D eigenvalue weighted by molar-refractivity contribution is 5.94. The second-order valence-corrected chi connectivity index (χ2v) is 7.98. The Morgan fingerprint density at radius 2 is 2.07 bits per heavy atom. The van der Waals surface area contributed by atoms with Gasteiger partial charge in [-0.3, -0.25) is 4.90 Å². The van der Waals surface area contributed by atoms with Gasteiger partial charge in [0.1, 0.15) is 5.75 Å². The van der Waals surface area contributed by atoms with Crippen LogP contribution in [0.25, 0.3) is 0 Å². The summed E-state index contributed by atoms with van der Waals surface area (Å²) >= 11 is 0. The first-order chi connectivity index (χ1) is 13.1. The summed E-state index contributed by atoms with van der Waals surface area (Å²) in [6.45, 7) is 5.47. The second-order valence-electron chi connectivity index (χ2n) is 7.98. The van der Waals surface area contributed by atoms with Crippen LogP contribution in [-0.4, -0.2) is 53.8 Å². The molecular formula is C21H26N4O2. The Labute approximate surface area is 159 Å². The van der Waals surface area contributed by atoms with Gasteiger partial charge in [0.15, 0.2) is 11.5 Å². The summed E-state index contributed by atoms with van der Waals surface area (Å²) in [4.78, 5) is 7.43. The van der Waals surface area contributed by atoms with E-state index in [1.54, 1.807) is 7.11 Å². The zero-order valence-corrected chi connectivity index (χ0v) is 16.4. The molecule has 6 nitrogen and oxygen atoms in total. The van der Waals surface area contributed by atoms with Gasteiger partial charge in [-0.25, -0.2) is 9.67 Å². The molecule has 1 saturated heterocycles. The molecule has 27 heavy (non-hydrogen) atoms. The Morgan fingerprint density at radius 3 is 2.78 bits per heavy atom. The van der Waals surface area contributed by atoms with Crippen LogP contribution in [0.5, 0.6) is 5.75 Å². The fourth-order valence-corrected chi connectivity index (χ4v) is 4.85. The van der Waals surface area contributed by atoms with E-state index in [9.17, 15) is 0 Å². The van der Waals surface area contributed by atoms with Gasteiger partial charge in [-0.2, -0.15) is 5.10 Å². The number of rotatable bonds is 4. The predicted molar refractivity (Wildman–Crippen MR) is 104 cm³/mol. The molecule has 3 aliphatic rings. The Hall–Kier alpha value is -2.18. The number of methoxy groups -OCH3 is 1. The molecule has 0 N–H and O–H groups in total. The molecule has 0 amide bonds. The topological polar surface area (TPSA) is 51.9 Å². The van der Waals surface area contributed by atoms with Crippen molar-refractivity contribution in [3.63, 3.8) is 0 Å². The smallest absolute Gasteiger partial charge is 0.153 e. The lowest BCUT2D eigenvalue weighted by Gasteiger charge is -2.49. The van der Waals surface area contributed by atoms with E-state index >= 15 is 0 Å². The highest BCUT2D eigenvalue weighted by Gasteiger charge is 2.57. The number of hydrogen-bond acceptors (Lipinski definition) is 5. The number of aromatic nitrogens is 2. The van der Waals surface area contributed by atoms with Crippen molar-refractivity contribution in [1.82, 2.24) is 14.7 Å². The third kappa shape index (κ3) is 2.33. The zero-order valence-electron chi connectivity index (χ0n) is 16.4. The Bertz CT molecular complexity index is 930. The monoisotopic (exact) mass is 366 g/mol. The second kappa shape index (κ2) is 5.91. The van der Waals surface area contributed by atoms with Gasteiger partial charge in [-0.05, 0) is 57.0 Å². The number of benzene rings is 1. The number of fused-ring (bicyclic) bond motifs is 2. The maximum Gasteiger partial charge on any atom is 0.153 e. The molecule has 2 aliphatic heterocycles. The van der Waals surface area contributed by atoms with E-state index in [2.05, 4.69) is 47.8 Å². The average molecular weight is 366 g/mol. The van der Waals surface area contributed by atoms with Crippen molar-refractivity contribution in [2.45, 2.75) is 38.4 Å². The van der Waals surface area contributed by atoms with E-state index in [1.165, 1.54) is 24.0 Å². The minimum absolute atomic E-state index is 0.155. The molecule has 0 bridgehead atoms. The summed E-state index contributed by atoms with van der Waals surface area (Å²) in [7, 11) is 3.95. The van der Waals surface area contributed by atoms with E-state index in [4.69, 9.17) is 19.6 Å². The van der Waals surface area contributed by atoms with Crippen molar-refractivity contribution in [2.24, 2.45) is 10.9 Å². The maximum absolute atomic E-state index is 5.91. The van der Waals surface area contributed by atoms with E-state index in [1.807, 2.05) is 6.92 Å². The summed E-state index contributed by atoms with van der Waals surface area (Å²) in [5.41, 5.74) is 4.16. The minimum Gasteiger partial charge on any atom is -0.497 e. The molecule has 1 aliphatic carbocycles. The summed E-state index contributed by atoms with van der Waals surface area (Å²) < 4.78 is 13.5. The number of aliphatic imine (C=N–C) groups is 1. The van der Waals surface area contributed by atoms with Gasteiger partial charge < -0.3 is 9.47 Å². The van der Waals surface area contributed by atoms with Crippen LogP contribution in [0.3, 0.4) is 0 Å². The van der Waals surface area contributed by atoms with Gasteiger partial charge in [0.05, 0.1) is 37.6 Å². The number of aryl methyl sites for hydroxylation is 2. The van der Waals surface area contributed by atoms with Gasteiger partial charge in [-0.15, -0.1) is 0 Å². The van der Waals surface area contributed by atoms with Gasteiger partial charge in [-0.1, -0.05) is 6.07 Å². The molecule has 142 valence electrons. The number of ether oxygens (including phenoxy) is 2. The molecule has 1 aromatic carbocycles. The van der Waals surface area contributed by atoms with Gasteiger partial charge in [0.25, 0.3) is 0 Å². The molecule has 2 unspecified atom stereocenters. The van der Waals surface area contributed by atoms with Crippen molar-refractivity contribution in [1.29, 1.82) is 0 Å². The molecule has 2 atom stereocenters. The van der Waals surface area contributed by atoms with Crippen LogP contribution in [0.4, 0.5) is 5.82 Å². The zero-order chi connectivity index (χ0) is 18.8.